The smallest absolute Gasteiger partial charge is 0.282 e. The quantitative estimate of drug-likeness (QED) is 0.274. The molecule has 0 amide bonds. The van der Waals surface area contributed by atoms with E-state index in [2.05, 4.69) is 9.97 Å². The maximum atomic E-state index is 12.5. The van der Waals surface area contributed by atoms with Crippen LogP contribution >= 0.6 is 0 Å². The van der Waals surface area contributed by atoms with E-state index in [0.717, 1.165) is 6.20 Å². The molecular weight excluding hydrogens is 476 g/mol. The minimum atomic E-state index is -4.78. The lowest BCUT2D eigenvalue weighted by atomic mass is 9.96. The molecule has 0 saturated heterocycles. The first kappa shape index (κ1) is 22.1. The van der Waals surface area contributed by atoms with Gasteiger partial charge in [-0.3, -0.25) is 19.1 Å². The Kier molecular flexibility index (Phi) is 5.18. The lowest BCUT2D eigenvalue weighted by molar-refractivity contribution is 0.482. The zero-order valence-electron chi connectivity index (χ0n) is 17.3. The average Bonchev–Trinajstić information content (AvgIpc) is 2.82. The molecule has 10 heteroatoms. The minimum absolute atomic E-state index is 0.0480. The second kappa shape index (κ2) is 7.96. The number of benzene rings is 3. The van der Waals surface area contributed by atoms with Crippen LogP contribution in [-0.4, -0.2) is 35.9 Å². The molecule has 34 heavy (non-hydrogen) atoms. The molecule has 0 atom stereocenters. The van der Waals surface area contributed by atoms with E-state index >= 15 is 0 Å². The average molecular weight is 493 g/mol. The van der Waals surface area contributed by atoms with Crippen LogP contribution in [0.1, 0.15) is 0 Å². The molecule has 0 aliphatic heterocycles. The van der Waals surface area contributed by atoms with Crippen LogP contribution in [0, 0.1) is 0 Å². The van der Waals surface area contributed by atoms with Gasteiger partial charge in [-0.25, -0.2) is 0 Å². The van der Waals surface area contributed by atoms with Crippen LogP contribution in [0.2, 0.25) is 0 Å². The highest BCUT2D eigenvalue weighted by atomic mass is 32.2. The van der Waals surface area contributed by atoms with Gasteiger partial charge in [-0.2, -0.15) is 16.8 Å². The molecule has 0 spiro atoms. The Bertz CT molecular complexity index is 1790. The van der Waals surface area contributed by atoms with E-state index in [1.54, 1.807) is 60.7 Å². The second-order valence-electron chi connectivity index (χ2n) is 7.53. The van der Waals surface area contributed by atoms with Gasteiger partial charge in [0.05, 0.1) is 11.0 Å². The molecule has 0 unspecified atom stereocenters. The summed E-state index contributed by atoms with van der Waals surface area (Å²) in [5, 5.41) is 0.244. The summed E-state index contributed by atoms with van der Waals surface area (Å²) in [6.07, 6.45) is 2.50. The van der Waals surface area contributed by atoms with Crippen LogP contribution in [0.25, 0.3) is 44.1 Å². The summed E-state index contributed by atoms with van der Waals surface area (Å²) in [6, 6.07) is 20.1. The van der Waals surface area contributed by atoms with Crippen molar-refractivity contribution < 1.29 is 25.9 Å². The normalized spacial score (nSPS) is 12.3. The van der Waals surface area contributed by atoms with Crippen LogP contribution in [0.3, 0.4) is 0 Å². The molecule has 5 aromatic rings. The fraction of sp³-hybridized carbons (Fsp3) is 0. The van der Waals surface area contributed by atoms with Crippen molar-refractivity contribution in [1.82, 2.24) is 9.97 Å². The van der Waals surface area contributed by atoms with Gasteiger partial charge >= 0.3 is 0 Å². The van der Waals surface area contributed by atoms with Gasteiger partial charge in [0.15, 0.2) is 0 Å². The molecule has 0 radical (unpaired) electrons. The predicted molar refractivity (Wildman–Crippen MR) is 128 cm³/mol. The first-order valence-electron chi connectivity index (χ1n) is 9.96. The van der Waals surface area contributed by atoms with E-state index in [1.807, 2.05) is 6.07 Å². The Hall–Kier alpha value is -3.70. The summed E-state index contributed by atoms with van der Waals surface area (Å²) in [5.41, 5.74) is 2.02. The van der Waals surface area contributed by atoms with Gasteiger partial charge < -0.3 is 0 Å². The minimum Gasteiger partial charge on any atom is -0.282 e. The molecule has 0 aliphatic rings. The van der Waals surface area contributed by atoms with E-state index in [0.29, 0.717) is 16.7 Å². The maximum absolute atomic E-state index is 12.5. The standard InChI is InChI=1S/C24H16N2O6S2/c27-33(28,29)19-13-18-21(16-9-5-2-6-10-16)20(34(30,31)32)14-26-23(18)24-22(19)17(11-12-25-24)15-7-3-1-4-8-15/h1-14H,(H,27,28,29)(H,30,31,32). The van der Waals surface area contributed by atoms with E-state index in [4.69, 9.17) is 0 Å². The first-order chi connectivity index (χ1) is 16.2. The van der Waals surface area contributed by atoms with Gasteiger partial charge in [-0.05, 0) is 28.8 Å². The summed E-state index contributed by atoms with van der Waals surface area (Å²) in [4.78, 5) is 7.64. The highest BCUT2D eigenvalue weighted by Gasteiger charge is 2.26. The Balaban J connectivity index is 2.05. The van der Waals surface area contributed by atoms with E-state index < -0.39 is 30.0 Å². The van der Waals surface area contributed by atoms with Crippen molar-refractivity contribution in [3.63, 3.8) is 0 Å². The van der Waals surface area contributed by atoms with Crippen molar-refractivity contribution in [3.05, 3.63) is 85.2 Å². The molecule has 170 valence electrons. The molecule has 5 rings (SSSR count). The van der Waals surface area contributed by atoms with E-state index in [1.165, 1.54) is 12.3 Å². The Morgan fingerprint density at radius 1 is 0.647 bits per heavy atom. The molecule has 0 aliphatic carbocycles. The molecule has 0 saturated carbocycles. The summed E-state index contributed by atoms with van der Waals surface area (Å²) in [6.45, 7) is 0. The third-order valence-corrected chi connectivity index (χ3v) is 7.23. The molecule has 0 bridgehead atoms. The number of rotatable bonds is 4. The van der Waals surface area contributed by atoms with Crippen molar-refractivity contribution in [2.75, 3.05) is 0 Å². The molecule has 2 aromatic heterocycles. The number of nitrogens with zero attached hydrogens (tertiary/aromatic N) is 2. The number of aromatic nitrogens is 2. The van der Waals surface area contributed by atoms with Crippen LogP contribution in [0.15, 0.2) is 95.0 Å². The van der Waals surface area contributed by atoms with Gasteiger partial charge in [0, 0.05) is 28.7 Å². The topological polar surface area (TPSA) is 135 Å². The summed E-state index contributed by atoms with van der Waals surface area (Å²) in [7, 11) is -9.50. The highest BCUT2D eigenvalue weighted by molar-refractivity contribution is 7.86. The van der Waals surface area contributed by atoms with Gasteiger partial charge in [0.25, 0.3) is 20.2 Å². The Labute approximate surface area is 195 Å². The molecule has 0 fully saturated rings. The molecular formula is C24H16N2O6S2. The van der Waals surface area contributed by atoms with Crippen molar-refractivity contribution in [2.24, 2.45) is 0 Å². The van der Waals surface area contributed by atoms with E-state index in [9.17, 15) is 25.9 Å². The predicted octanol–water partition coefficient (Wildman–Crippen LogP) is 4.61. The lowest BCUT2D eigenvalue weighted by Crippen LogP contribution is -2.06. The van der Waals surface area contributed by atoms with Gasteiger partial charge in [-0.15, -0.1) is 0 Å². The number of hydrogen-bond acceptors (Lipinski definition) is 6. The SMILES string of the molecule is O=S(=O)(O)c1cnc2c(cc(S(=O)(=O)O)c3c(-c4ccccc4)ccnc32)c1-c1ccccc1. The van der Waals surface area contributed by atoms with Gasteiger partial charge in [0.2, 0.25) is 0 Å². The van der Waals surface area contributed by atoms with Crippen LogP contribution < -0.4 is 0 Å². The lowest BCUT2D eigenvalue weighted by Gasteiger charge is -2.16. The number of hydrogen-bond donors (Lipinski definition) is 2. The zero-order chi connectivity index (χ0) is 24.1. The largest absolute Gasteiger partial charge is 0.296 e. The van der Waals surface area contributed by atoms with Crippen molar-refractivity contribution in [1.29, 1.82) is 0 Å². The number of pyridine rings is 2. The molecule has 8 nitrogen and oxygen atoms in total. The summed E-state index contributed by atoms with van der Waals surface area (Å²) in [5.74, 6) is 0. The first-order valence-corrected chi connectivity index (χ1v) is 12.8. The summed E-state index contributed by atoms with van der Waals surface area (Å²) >= 11 is 0. The molecule has 2 heterocycles. The number of fused-ring (bicyclic) bond motifs is 3. The van der Waals surface area contributed by atoms with Gasteiger partial charge in [0.1, 0.15) is 9.79 Å². The zero-order valence-corrected chi connectivity index (χ0v) is 19.0. The van der Waals surface area contributed by atoms with Crippen LogP contribution in [0.4, 0.5) is 0 Å². The van der Waals surface area contributed by atoms with Crippen LogP contribution in [0.5, 0.6) is 0 Å². The van der Waals surface area contributed by atoms with Crippen LogP contribution in [-0.2, 0) is 20.2 Å². The fourth-order valence-electron chi connectivity index (χ4n) is 4.09. The van der Waals surface area contributed by atoms with Crippen molar-refractivity contribution in [2.45, 2.75) is 9.79 Å². The molecule has 2 N–H and O–H groups in total. The summed E-state index contributed by atoms with van der Waals surface area (Å²) < 4.78 is 69.5. The highest BCUT2D eigenvalue weighted by Crippen LogP contribution is 2.41. The molecule has 3 aromatic carbocycles. The van der Waals surface area contributed by atoms with Crippen molar-refractivity contribution >= 4 is 42.0 Å². The Morgan fingerprint density at radius 3 is 1.82 bits per heavy atom. The monoisotopic (exact) mass is 492 g/mol. The maximum Gasteiger partial charge on any atom is 0.296 e. The second-order valence-corrected chi connectivity index (χ2v) is 10.3. The van der Waals surface area contributed by atoms with Crippen molar-refractivity contribution in [3.8, 4) is 22.3 Å². The third kappa shape index (κ3) is 3.72. The van der Waals surface area contributed by atoms with E-state index in [-0.39, 0.29) is 27.4 Å². The third-order valence-electron chi connectivity index (χ3n) is 5.48. The Morgan fingerprint density at radius 2 is 1.24 bits per heavy atom. The van der Waals surface area contributed by atoms with Gasteiger partial charge in [-0.1, -0.05) is 60.7 Å². The fourth-order valence-corrected chi connectivity index (χ4v) is 5.49.